The molecule has 0 unspecified atom stereocenters. The number of nitrogens with zero attached hydrogens (tertiary/aromatic N) is 1. The fraction of sp³-hybridized carbons (Fsp3) is 0.611. The zero-order chi connectivity index (χ0) is 18.8. The van der Waals surface area contributed by atoms with Crippen LogP contribution in [0.15, 0.2) is 18.2 Å². The molecular formula is C18H28N2O4S. The van der Waals surface area contributed by atoms with Crippen LogP contribution in [0.3, 0.4) is 0 Å². The molecule has 1 aromatic rings. The zero-order valence-electron chi connectivity index (χ0n) is 15.6. The average molecular weight is 368 g/mol. The Kier molecular flexibility index (Phi) is 5.79. The number of carbonyl (C=O) groups is 1. The number of hydrogen-bond donors (Lipinski definition) is 1. The lowest BCUT2D eigenvalue weighted by molar-refractivity contribution is -0.119. The largest absolute Gasteiger partial charge is 0.495 e. The molecule has 25 heavy (non-hydrogen) atoms. The van der Waals surface area contributed by atoms with Crippen molar-refractivity contribution in [2.75, 3.05) is 24.7 Å². The first-order valence-corrected chi connectivity index (χ1v) is 10.2. The third-order valence-electron chi connectivity index (χ3n) is 4.55. The van der Waals surface area contributed by atoms with Crippen molar-refractivity contribution in [1.82, 2.24) is 4.31 Å². The van der Waals surface area contributed by atoms with E-state index in [9.17, 15) is 13.2 Å². The number of amides is 1. The minimum atomic E-state index is -3.39. The van der Waals surface area contributed by atoms with Gasteiger partial charge in [-0.2, -0.15) is 4.31 Å². The van der Waals surface area contributed by atoms with E-state index in [-0.39, 0.29) is 17.1 Å². The lowest BCUT2D eigenvalue weighted by Gasteiger charge is -2.24. The number of hydrogen-bond acceptors (Lipinski definition) is 4. The highest BCUT2D eigenvalue weighted by atomic mass is 32.2. The molecule has 1 aliphatic heterocycles. The molecule has 0 aliphatic carbocycles. The van der Waals surface area contributed by atoms with E-state index < -0.39 is 16.1 Å². The molecule has 1 amide bonds. The standard InChI is InChI=1S/C18H28N2O4S/c1-6-25(22,23)20-11-7-8-15(20)17(21)19-14-12-13(18(2,3)4)9-10-16(14)24-5/h9-10,12,15H,6-8,11H2,1-5H3,(H,19,21)/t15-/m1/s1. The highest BCUT2D eigenvalue weighted by Gasteiger charge is 2.38. The Bertz CT molecular complexity index is 738. The summed E-state index contributed by atoms with van der Waals surface area (Å²) in [6, 6.07) is 5.03. The summed E-state index contributed by atoms with van der Waals surface area (Å²) in [5, 5.41) is 2.87. The number of rotatable bonds is 5. The predicted molar refractivity (Wildman–Crippen MR) is 99.5 cm³/mol. The van der Waals surface area contributed by atoms with Crippen LogP contribution >= 0.6 is 0 Å². The van der Waals surface area contributed by atoms with Crippen LogP contribution in [0, 0.1) is 0 Å². The Morgan fingerprint density at radius 3 is 2.60 bits per heavy atom. The SMILES string of the molecule is CCS(=O)(=O)N1CCC[C@@H]1C(=O)Nc1cc(C(C)(C)C)ccc1OC. The van der Waals surface area contributed by atoms with Gasteiger partial charge in [-0.3, -0.25) is 4.79 Å². The van der Waals surface area contributed by atoms with Crippen LogP contribution in [0.2, 0.25) is 0 Å². The number of anilines is 1. The van der Waals surface area contributed by atoms with E-state index in [0.29, 0.717) is 30.8 Å². The summed E-state index contributed by atoms with van der Waals surface area (Å²) in [7, 11) is -1.84. The average Bonchev–Trinajstić information content (AvgIpc) is 3.04. The fourth-order valence-electron chi connectivity index (χ4n) is 2.99. The first-order chi connectivity index (χ1) is 11.6. The molecule has 1 heterocycles. The normalized spacial score (nSPS) is 19.0. The molecular weight excluding hydrogens is 340 g/mol. The quantitative estimate of drug-likeness (QED) is 0.867. The van der Waals surface area contributed by atoms with E-state index in [1.54, 1.807) is 14.0 Å². The summed E-state index contributed by atoms with van der Waals surface area (Å²) in [6.07, 6.45) is 1.23. The Labute approximate surface area is 150 Å². The molecule has 1 aliphatic rings. The molecule has 0 saturated carbocycles. The summed E-state index contributed by atoms with van der Waals surface area (Å²) in [4.78, 5) is 12.7. The van der Waals surface area contributed by atoms with Crippen molar-refractivity contribution in [2.24, 2.45) is 0 Å². The highest BCUT2D eigenvalue weighted by Crippen LogP contribution is 2.32. The lowest BCUT2D eigenvalue weighted by atomic mass is 9.87. The van der Waals surface area contributed by atoms with Crippen molar-refractivity contribution >= 4 is 21.6 Å². The zero-order valence-corrected chi connectivity index (χ0v) is 16.4. The summed E-state index contributed by atoms with van der Waals surface area (Å²) in [6.45, 7) is 8.26. The van der Waals surface area contributed by atoms with Gasteiger partial charge >= 0.3 is 0 Å². The van der Waals surface area contributed by atoms with Gasteiger partial charge in [0.15, 0.2) is 0 Å². The third kappa shape index (κ3) is 4.33. The molecule has 2 rings (SSSR count). The molecule has 7 heteroatoms. The minimum Gasteiger partial charge on any atom is -0.495 e. The fourth-order valence-corrected chi connectivity index (χ4v) is 4.32. The molecule has 1 aromatic carbocycles. The van der Waals surface area contributed by atoms with Crippen molar-refractivity contribution in [2.45, 2.75) is 52.0 Å². The molecule has 0 radical (unpaired) electrons. The van der Waals surface area contributed by atoms with Gasteiger partial charge in [-0.25, -0.2) is 8.42 Å². The molecule has 0 aromatic heterocycles. The molecule has 140 valence electrons. The van der Waals surface area contributed by atoms with Gasteiger partial charge in [0.05, 0.1) is 18.6 Å². The Morgan fingerprint density at radius 2 is 2.04 bits per heavy atom. The summed E-state index contributed by atoms with van der Waals surface area (Å²) in [5.74, 6) is 0.253. The van der Waals surface area contributed by atoms with Gasteiger partial charge in [-0.15, -0.1) is 0 Å². The number of carbonyl (C=O) groups excluding carboxylic acids is 1. The summed E-state index contributed by atoms with van der Waals surface area (Å²) < 4.78 is 31.1. The Balaban J connectivity index is 2.28. The van der Waals surface area contributed by atoms with Crippen molar-refractivity contribution in [3.8, 4) is 5.75 Å². The molecule has 6 nitrogen and oxygen atoms in total. The molecule has 1 atom stereocenters. The third-order valence-corrected chi connectivity index (χ3v) is 6.43. The molecule has 1 N–H and O–H groups in total. The van der Waals surface area contributed by atoms with Gasteiger partial charge in [-0.05, 0) is 42.9 Å². The maximum absolute atomic E-state index is 12.7. The maximum atomic E-state index is 12.7. The van der Waals surface area contributed by atoms with Crippen molar-refractivity contribution in [1.29, 1.82) is 0 Å². The van der Waals surface area contributed by atoms with E-state index in [1.165, 1.54) is 4.31 Å². The molecule has 0 spiro atoms. The van der Waals surface area contributed by atoms with E-state index in [2.05, 4.69) is 26.1 Å². The van der Waals surface area contributed by atoms with Crippen LogP contribution in [0.4, 0.5) is 5.69 Å². The topological polar surface area (TPSA) is 75.7 Å². The minimum absolute atomic E-state index is 0.000387. The Morgan fingerprint density at radius 1 is 1.36 bits per heavy atom. The van der Waals surface area contributed by atoms with Crippen LogP contribution < -0.4 is 10.1 Å². The second-order valence-electron chi connectivity index (χ2n) is 7.32. The molecule has 0 bridgehead atoms. The second kappa shape index (κ2) is 7.33. The first-order valence-electron chi connectivity index (χ1n) is 8.59. The number of ether oxygens (including phenoxy) is 1. The van der Waals surface area contributed by atoms with Gasteiger partial charge in [0.1, 0.15) is 11.8 Å². The number of nitrogens with one attached hydrogen (secondary N) is 1. The van der Waals surface area contributed by atoms with E-state index in [1.807, 2.05) is 18.2 Å². The van der Waals surface area contributed by atoms with Gasteiger partial charge < -0.3 is 10.1 Å². The Hall–Kier alpha value is -1.60. The smallest absolute Gasteiger partial charge is 0.242 e. The number of sulfonamides is 1. The van der Waals surface area contributed by atoms with Crippen LogP contribution in [0.5, 0.6) is 5.75 Å². The van der Waals surface area contributed by atoms with Crippen LogP contribution in [-0.4, -0.2) is 44.1 Å². The first kappa shape index (κ1) is 19.7. The molecule has 1 saturated heterocycles. The monoisotopic (exact) mass is 368 g/mol. The van der Waals surface area contributed by atoms with Gasteiger partial charge in [0, 0.05) is 6.54 Å². The highest BCUT2D eigenvalue weighted by molar-refractivity contribution is 7.89. The van der Waals surface area contributed by atoms with Gasteiger partial charge in [0.2, 0.25) is 15.9 Å². The summed E-state index contributed by atoms with van der Waals surface area (Å²) in [5.41, 5.74) is 1.56. The van der Waals surface area contributed by atoms with Gasteiger partial charge in [0.25, 0.3) is 0 Å². The van der Waals surface area contributed by atoms with Crippen LogP contribution in [-0.2, 0) is 20.2 Å². The van der Waals surface area contributed by atoms with Crippen molar-refractivity contribution < 1.29 is 17.9 Å². The van der Waals surface area contributed by atoms with E-state index in [0.717, 1.165) is 5.56 Å². The number of benzene rings is 1. The number of methoxy groups -OCH3 is 1. The second-order valence-corrected chi connectivity index (χ2v) is 9.53. The van der Waals surface area contributed by atoms with Crippen molar-refractivity contribution in [3.63, 3.8) is 0 Å². The predicted octanol–water partition coefficient (Wildman–Crippen LogP) is 2.75. The van der Waals surface area contributed by atoms with Crippen LogP contribution in [0.25, 0.3) is 0 Å². The summed E-state index contributed by atoms with van der Waals surface area (Å²) >= 11 is 0. The van der Waals surface area contributed by atoms with E-state index in [4.69, 9.17) is 4.74 Å². The van der Waals surface area contributed by atoms with E-state index >= 15 is 0 Å². The lowest BCUT2D eigenvalue weighted by Crippen LogP contribution is -2.43. The van der Waals surface area contributed by atoms with Crippen molar-refractivity contribution in [3.05, 3.63) is 23.8 Å². The van der Waals surface area contributed by atoms with Gasteiger partial charge in [-0.1, -0.05) is 26.8 Å². The maximum Gasteiger partial charge on any atom is 0.242 e. The van der Waals surface area contributed by atoms with Crippen LogP contribution in [0.1, 0.15) is 46.1 Å². The molecule has 1 fully saturated rings.